The molecule has 1 heterocycles. The van der Waals surface area contributed by atoms with Gasteiger partial charge in [-0.3, -0.25) is 4.79 Å². The first kappa shape index (κ1) is 16.5. The number of aromatic nitrogens is 1. The summed E-state index contributed by atoms with van der Waals surface area (Å²) in [6, 6.07) is 4.85. The van der Waals surface area contributed by atoms with E-state index < -0.39 is 17.6 Å². The molecule has 1 aromatic heterocycles. The zero-order valence-corrected chi connectivity index (χ0v) is 11.9. The quantitative estimate of drug-likeness (QED) is 0.677. The predicted octanol–water partition coefficient (Wildman–Crippen LogP) is 2.86. The molecule has 0 saturated carbocycles. The molecule has 0 radical (unpaired) electrons. The Hall–Kier alpha value is -2.84. The Morgan fingerprint density at radius 2 is 2.17 bits per heavy atom. The summed E-state index contributed by atoms with van der Waals surface area (Å²) in [4.78, 5) is 15.3. The van der Waals surface area contributed by atoms with Gasteiger partial charge in [0.05, 0.1) is 18.4 Å². The minimum Gasteiger partial charge on any atom is -0.464 e. The van der Waals surface area contributed by atoms with Gasteiger partial charge >= 0.3 is 18.0 Å². The van der Waals surface area contributed by atoms with Crippen molar-refractivity contribution in [3.63, 3.8) is 0 Å². The van der Waals surface area contributed by atoms with Crippen LogP contribution in [0.2, 0.25) is 0 Å². The summed E-state index contributed by atoms with van der Waals surface area (Å²) in [7, 11) is 0. The van der Waals surface area contributed by atoms with Gasteiger partial charge in [0.15, 0.2) is 0 Å². The van der Waals surface area contributed by atoms with Gasteiger partial charge in [0.25, 0.3) is 5.89 Å². The summed E-state index contributed by atoms with van der Waals surface area (Å²) in [6.45, 7) is 2.06. The lowest BCUT2D eigenvalue weighted by molar-refractivity contribution is -0.137. The SMILES string of the molecule is CCOc1cnc(C(=O)N/N=C/c2ccccc2C(F)(F)F)o1. The predicted molar refractivity (Wildman–Crippen MR) is 74.2 cm³/mol. The first-order valence-electron chi connectivity index (χ1n) is 6.50. The van der Waals surface area contributed by atoms with Crippen molar-refractivity contribution < 1.29 is 27.1 Å². The molecule has 0 aliphatic heterocycles. The first-order chi connectivity index (χ1) is 10.9. The van der Waals surface area contributed by atoms with Crippen LogP contribution in [0.1, 0.15) is 28.7 Å². The number of carbonyl (C=O) groups excluding carboxylic acids is 1. The number of oxazole rings is 1. The molecule has 6 nitrogen and oxygen atoms in total. The van der Waals surface area contributed by atoms with Crippen molar-refractivity contribution in [2.45, 2.75) is 13.1 Å². The van der Waals surface area contributed by atoms with Crippen molar-refractivity contribution in [2.75, 3.05) is 6.61 Å². The van der Waals surface area contributed by atoms with E-state index in [1.165, 1.54) is 24.4 Å². The second kappa shape index (κ2) is 6.95. The molecule has 0 fully saturated rings. The monoisotopic (exact) mass is 327 g/mol. The van der Waals surface area contributed by atoms with Crippen LogP contribution in [0, 0.1) is 0 Å². The highest BCUT2D eigenvalue weighted by atomic mass is 19.4. The topological polar surface area (TPSA) is 76.7 Å². The minimum absolute atomic E-state index is 0.0593. The van der Waals surface area contributed by atoms with Gasteiger partial charge in [0, 0.05) is 5.56 Å². The van der Waals surface area contributed by atoms with Crippen LogP contribution in [0.3, 0.4) is 0 Å². The number of alkyl halides is 3. The van der Waals surface area contributed by atoms with Crippen LogP contribution >= 0.6 is 0 Å². The van der Waals surface area contributed by atoms with E-state index in [0.29, 0.717) is 6.61 Å². The fourth-order valence-corrected chi connectivity index (χ4v) is 1.65. The molecule has 0 atom stereocenters. The second-order valence-electron chi connectivity index (χ2n) is 4.20. The van der Waals surface area contributed by atoms with Gasteiger partial charge in [-0.25, -0.2) is 10.4 Å². The molecule has 23 heavy (non-hydrogen) atoms. The molecule has 1 N–H and O–H groups in total. The molecule has 122 valence electrons. The van der Waals surface area contributed by atoms with Crippen molar-refractivity contribution in [1.29, 1.82) is 0 Å². The second-order valence-corrected chi connectivity index (χ2v) is 4.20. The molecule has 0 unspecified atom stereocenters. The molecule has 0 aliphatic rings. The van der Waals surface area contributed by atoms with Crippen LogP contribution in [-0.2, 0) is 6.18 Å². The number of hydrogen-bond acceptors (Lipinski definition) is 5. The summed E-state index contributed by atoms with van der Waals surface area (Å²) in [5.74, 6) is -1.06. The molecule has 2 rings (SSSR count). The fraction of sp³-hybridized carbons (Fsp3) is 0.214. The van der Waals surface area contributed by atoms with Crippen molar-refractivity contribution >= 4 is 12.1 Å². The molecule has 0 bridgehead atoms. The van der Waals surface area contributed by atoms with E-state index in [1.54, 1.807) is 6.92 Å². The Kier molecular flexibility index (Phi) is 4.99. The lowest BCUT2D eigenvalue weighted by Crippen LogP contribution is -2.18. The number of amides is 1. The van der Waals surface area contributed by atoms with Gasteiger partial charge in [-0.1, -0.05) is 18.2 Å². The zero-order chi connectivity index (χ0) is 16.9. The van der Waals surface area contributed by atoms with E-state index in [0.717, 1.165) is 12.3 Å². The molecule has 0 aliphatic carbocycles. The van der Waals surface area contributed by atoms with Gasteiger partial charge in [0.2, 0.25) is 0 Å². The van der Waals surface area contributed by atoms with Crippen LogP contribution in [0.4, 0.5) is 13.2 Å². The van der Waals surface area contributed by atoms with E-state index in [2.05, 4.69) is 10.1 Å². The third kappa shape index (κ3) is 4.31. The lowest BCUT2D eigenvalue weighted by Gasteiger charge is -2.08. The third-order valence-electron chi connectivity index (χ3n) is 2.60. The van der Waals surface area contributed by atoms with Crippen molar-refractivity contribution in [2.24, 2.45) is 5.10 Å². The molecular formula is C14H12F3N3O3. The van der Waals surface area contributed by atoms with E-state index in [-0.39, 0.29) is 17.4 Å². The normalized spacial score (nSPS) is 11.7. The number of nitrogens with one attached hydrogen (secondary N) is 1. The molecule has 1 aromatic carbocycles. The highest BCUT2D eigenvalue weighted by Crippen LogP contribution is 2.31. The van der Waals surface area contributed by atoms with Crippen LogP contribution < -0.4 is 10.2 Å². The first-order valence-corrected chi connectivity index (χ1v) is 6.50. The van der Waals surface area contributed by atoms with Gasteiger partial charge < -0.3 is 9.15 Å². The van der Waals surface area contributed by atoms with Crippen LogP contribution in [0.15, 0.2) is 40.0 Å². The molecule has 1 amide bonds. The Balaban J connectivity index is 2.05. The number of rotatable bonds is 5. The number of ether oxygens (including phenoxy) is 1. The maximum atomic E-state index is 12.8. The van der Waals surface area contributed by atoms with E-state index in [9.17, 15) is 18.0 Å². The highest BCUT2D eigenvalue weighted by molar-refractivity contribution is 5.91. The fourth-order valence-electron chi connectivity index (χ4n) is 1.65. The third-order valence-corrected chi connectivity index (χ3v) is 2.60. The van der Waals surface area contributed by atoms with Crippen LogP contribution in [-0.4, -0.2) is 23.7 Å². The lowest BCUT2D eigenvalue weighted by atomic mass is 10.1. The van der Waals surface area contributed by atoms with Gasteiger partial charge in [-0.15, -0.1) is 0 Å². The molecule has 0 spiro atoms. The van der Waals surface area contributed by atoms with E-state index in [4.69, 9.17) is 9.15 Å². The summed E-state index contributed by atoms with van der Waals surface area (Å²) in [6.07, 6.45) is -2.41. The maximum absolute atomic E-state index is 12.8. The van der Waals surface area contributed by atoms with Gasteiger partial charge in [-0.05, 0) is 13.0 Å². The Bertz CT molecular complexity index is 711. The van der Waals surface area contributed by atoms with Crippen molar-refractivity contribution in [1.82, 2.24) is 10.4 Å². The van der Waals surface area contributed by atoms with E-state index in [1.807, 2.05) is 5.43 Å². The zero-order valence-electron chi connectivity index (χ0n) is 11.9. The maximum Gasteiger partial charge on any atom is 0.417 e. The summed E-state index contributed by atoms with van der Waals surface area (Å²) in [5, 5.41) is 3.48. The average Bonchev–Trinajstić information content (AvgIpc) is 2.96. The Labute approximate surface area is 129 Å². The van der Waals surface area contributed by atoms with Crippen molar-refractivity contribution in [3.05, 3.63) is 47.5 Å². The Morgan fingerprint density at radius 3 is 2.87 bits per heavy atom. The number of carbonyl (C=O) groups is 1. The van der Waals surface area contributed by atoms with Crippen LogP contribution in [0.25, 0.3) is 0 Å². The highest BCUT2D eigenvalue weighted by Gasteiger charge is 2.32. The minimum atomic E-state index is -4.51. The number of halogens is 3. The van der Waals surface area contributed by atoms with Gasteiger partial charge in [0.1, 0.15) is 6.20 Å². The number of hydrogen-bond donors (Lipinski definition) is 1. The van der Waals surface area contributed by atoms with Crippen molar-refractivity contribution in [3.8, 4) is 5.95 Å². The smallest absolute Gasteiger partial charge is 0.417 e. The van der Waals surface area contributed by atoms with Crippen LogP contribution in [0.5, 0.6) is 5.95 Å². The van der Waals surface area contributed by atoms with E-state index >= 15 is 0 Å². The summed E-state index contributed by atoms with van der Waals surface area (Å²) in [5.41, 5.74) is 1.00. The average molecular weight is 327 g/mol. The molecule has 0 saturated heterocycles. The number of hydrazone groups is 1. The molecular weight excluding hydrogens is 315 g/mol. The largest absolute Gasteiger partial charge is 0.464 e. The summed E-state index contributed by atoms with van der Waals surface area (Å²) >= 11 is 0. The standard InChI is InChI=1S/C14H12F3N3O3/c1-2-22-11-8-18-13(23-11)12(21)20-19-7-9-5-3-4-6-10(9)14(15,16)17/h3-8H,2H2,1H3,(H,20,21)/b19-7+. The van der Waals surface area contributed by atoms with Gasteiger partial charge in [-0.2, -0.15) is 18.3 Å². The molecule has 2 aromatic rings. The number of nitrogens with zero attached hydrogens (tertiary/aromatic N) is 2. The Morgan fingerprint density at radius 1 is 1.43 bits per heavy atom. The number of benzene rings is 1. The summed E-state index contributed by atoms with van der Waals surface area (Å²) < 4.78 is 48.3. The molecule has 9 heteroatoms.